The van der Waals surface area contributed by atoms with Gasteiger partial charge >= 0.3 is 0 Å². The lowest BCUT2D eigenvalue weighted by Gasteiger charge is -2.27. The van der Waals surface area contributed by atoms with Gasteiger partial charge in [0.25, 0.3) is 0 Å². The molecule has 0 rings (SSSR count). The molecule has 0 aromatic carbocycles. The van der Waals surface area contributed by atoms with Gasteiger partial charge in [-0.2, -0.15) is 0 Å². The molecule has 0 spiro atoms. The molecule has 0 radical (unpaired) electrons. The second-order valence-electron chi connectivity index (χ2n) is 26.0. The number of nitrogens with one attached hydrogen (secondary N) is 1. The van der Waals surface area contributed by atoms with Crippen LogP contribution in [0.5, 0.6) is 0 Å². The van der Waals surface area contributed by atoms with E-state index in [1.165, 1.54) is 353 Å². The van der Waals surface area contributed by atoms with Crippen molar-refractivity contribution in [3.05, 3.63) is 24.3 Å². The number of carbonyl (C=O) groups is 1. The van der Waals surface area contributed by atoms with Gasteiger partial charge in [-0.3, -0.25) is 4.79 Å². The third kappa shape index (κ3) is 63.1. The number of allylic oxidation sites excluding steroid dienone is 4. The van der Waals surface area contributed by atoms with Gasteiger partial charge in [-0.05, 0) is 64.2 Å². The number of aliphatic hydroxyl groups is 4. The van der Waals surface area contributed by atoms with Crippen molar-refractivity contribution in [2.75, 3.05) is 6.61 Å². The highest BCUT2D eigenvalue weighted by Gasteiger charge is 2.28. The Kier molecular flexibility index (Phi) is 68.5. The van der Waals surface area contributed by atoms with Gasteiger partial charge in [0.15, 0.2) is 0 Å². The molecular weight excluding hydrogens is 995 g/mol. The Bertz CT molecular complexity index is 1240. The molecule has 0 aliphatic rings. The fraction of sp³-hybridized carbons (Fsp3) is 0.933. The van der Waals surface area contributed by atoms with E-state index in [-0.39, 0.29) is 0 Å². The third-order valence-corrected chi connectivity index (χ3v) is 17.9. The monoisotopic (exact) mass is 1140 g/mol. The van der Waals surface area contributed by atoms with Crippen LogP contribution in [0.15, 0.2) is 24.3 Å². The summed E-state index contributed by atoms with van der Waals surface area (Å²) in [5.74, 6) is -0.585. The van der Waals surface area contributed by atoms with Crippen LogP contribution in [0.25, 0.3) is 0 Å². The molecule has 6 nitrogen and oxygen atoms in total. The highest BCUT2D eigenvalue weighted by Crippen LogP contribution is 2.20. The molecule has 0 heterocycles. The first-order valence-corrected chi connectivity index (χ1v) is 37.2. The molecule has 81 heavy (non-hydrogen) atoms. The van der Waals surface area contributed by atoms with Gasteiger partial charge in [-0.25, -0.2) is 0 Å². The lowest BCUT2D eigenvalue weighted by molar-refractivity contribution is -0.132. The molecule has 0 aromatic rings. The SMILES string of the molecule is CCCCCCCCCCCCCCCCCC/C=C\CCCCCCCCCCCCCCCCCCC(O)C(=O)NC(CO)C(O)C(O)CCC/C=C/CCCCCCCCCCCCCCCCCCCCCCCCCC. The second-order valence-corrected chi connectivity index (χ2v) is 26.0. The summed E-state index contributed by atoms with van der Waals surface area (Å²) in [6.45, 7) is 4.11. The number of rotatable bonds is 70. The second kappa shape index (κ2) is 69.6. The van der Waals surface area contributed by atoms with Gasteiger partial charge in [0.2, 0.25) is 5.91 Å². The summed E-state index contributed by atoms with van der Waals surface area (Å²) in [4.78, 5) is 12.7. The molecule has 0 fully saturated rings. The highest BCUT2D eigenvalue weighted by atomic mass is 16.3. The third-order valence-electron chi connectivity index (χ3n) is 17.9. The average Bonchev–Trinajstić information content (AvgIpc) is 3.47. The van der Waals surface area contributed by atoms with Crippen LogP contribution in [-0.2, 0) is 4.79 Å². The van der Waals surface area contributed by atoms with E-state index in [9.17, 15) is 25.2 Å². The van der Waals surface area contributed by atoms with Crippen molar-refractivity contribution in [3.63, 3.8) is 0 Å². The smallest absolute Gasteiger partial charge is 0.249 e. The van der Waals surface area contributed by atoms with E-state index in [2.05, 4.69) is 43.5 Å². The standard InChI is InChI=1S/C75H147NO5/c1-3-5-7-9-11-13-15-17-19-21-23-25-27-29-31-33-34-35-36-37-38-39-41-43-45-47-49-51-53-55-57-59-61-63-65-67-69-73(79)75(81)76-71(70-77)74(80)72(78)68-66-64-62-60-58-56-54-52-50-48-46-44-42-40-32-30-28-26-24-22-20-18-16-14-12-10-8-6-4-2/h35-36,60,62,71-74,77-80H,3-34,37-59,61,63-70H2,1-2H3,(H,76,81)/b36-35-,62-60+. The summed E-state index contributed by atoms with van der Waals surface area (Å²) in [6, 6.07) is -1.00. The zero-order valence-corrected chi connectivity index (χ0v) is 55.1. The van der Waals surface area contributed by atoms with E-state index in [0.717, 1.165) is 38.5 Å². The molecule has 0 saturated heterocycles. The Balaban J connectivity index is 3.53. The van der Waals surface area contributed by atoms with Crippen LogP contribution in [0.1, 0.15) is 418 Å². The van der Waals surface area contributed by atoms with Crippen LogP contribution >= 0.6 is 0 Å². The quantitative estimate of drug-likeness (QED) is 0.0308. The van der Waals surface area contributed by atoms with Crippen LogP contribution in [0, 0.1) is 0 Å². The topological polar surface area (TPSA) is 110 Å². The summed E-state index contributed by atoms with van der Waals surface area (Å²) in [5.41, 5.74) is 0. The minimum Gasteiger partial charge on any atom is -0.394 e. The lowest BCUT2D eigenvalue weighted by Crippen LogP contribution is -2.53. The summed E-state index contributed by atoms with van der Waals surface area (Å²) in [6.07, 6.45) is 89.1. The molecule has 0 aromatic heterocycles. The van der Waals surface area contributed by atoms with Crippen molar-refractivity contribution in [2.45, 2.75) is 443 Å². The van der Waals surface area contributed by atoms with Crippen molar-refractivity contribution in [1.29, 1.82) is 0 Å². The van der Waals surface area contributed by atoms with Crippen molar-refractivity contribution in [1.82, 2.24) is 5.32 Å². The number of hydrogen-bond acceptors (Lipinski definition) is 5. The number of aliphatic hydroxyl groups excluding tert-OH is 4. The van der Waals surface area contributed by atoms with Gasteiger partial charge in [-0.15, -0.1) is 0 Å². The van der Waals surface area contributed by atoms with Gasteiger partial charge < -0.3 is 25.7 Å². The fourth-order valence-corrected chi connectivity index (χ4v) is 12.1. The first-order chi connectivity index (χ1) is 40.0. The molecule has 6 heteroatoms. The molecule has 0 aliphatic heterocycles. The Labute approximate surface area is 507 Å². The van der Waals surface area contributed by atoms with Gasteiger partial charge in [0, 0.05) is 0 Å². The molecule has 0 aliphatic carbocycles. The lowest BCUT2D eigenvalue weighted by atomic mass is 10.00. The summed E-state index contributed by atoms with van der Waals surface area (Å²) in [5, 5.41) is 44.3. The van der Waals surface area contributed by atoms with Crippen LogP contribution in [-0.4, -0.2) is 57.3 Å². The zero-order valence-electron chi connectivity index (χ0n) is 55.1. The summed E-state index contributed by atoms with van der Waals surface area (Å²) < 4.78 is 0. The van der Waals surface area contributed by atoms with Gasteiger partial charge in [0.1, 0.15) is 12.2 Å². The van der Waals surface area contributed by atoms with Crippen LogP contribution in [0.4, 0.5) is 0 Å². The summed E-state index contributed by atoms with van der Waals surface area (Å²) >= 11 is 0. The number of unbranched alkanes of at least 4 members (excludes halogenated alkanes) is 57. The minimum atomic E-state index is -1.28. The largest absolute Gasteiger partial charge is 0.394 e. The van der Waals surface area contributed by atoms with Gasteiger partial charge in [0.05, 0.1) is 18.8 Å². The minimum absolute atomic E-state index is 0.367. The molecule has 5 N–H and O–H groups in total. The Morgan fingerprint density at radius 3 is 0.741 bits per heavy atom. The molecule has 0 bridgehead atoms. The predicted molar refractivity (Wildman–Crippen MR) is 358 cm³/mol. The molecule has 1 amide bonds. The Morgan fingerprint density at radius 1 is 0.296 bits per heavy atom. The fourth-order valence-electron chi connectivity index (χ4n) is 12.1. The Hall–Kier alpha value is -1.21. The van der Waals surface area contributed by atoms with Crippen molar-refractivity contribution >= 4 is 5.91 Å². The average molecular weight is 1140 g/mol. The van der Waals surface area contributed by atoms with E-state index in [4.69, 9.17) is 0 Å². The van der Waals surface area contributed by atoms with Crippen LogP contribution < -0.4 is 5.32 Å². The molecule has 4 atom stereocenters. The van der Waals surface area contributed by atoms with Crippen LogP contribution in [0.2, 0.25) is 0 Å². The number of amides is 1. The van der Waals surface area contributed by atoms with Crippen LogP contribution in [0.3, 0.4) is 0 Å². The van der Waals surface area contributed by atoms with Crippen molar-refractivity contribution in [2.24, 2.45) is 0 Å². The first-order valence-electron chi connectivity index (χ1n) is 37.2. The summed E-state index contributed by atoms with van der Waals surface area (Å²) in [7, 11) is 0. The maximum Gasteiger partial charge on any atom is 0.249 e. The molecule has 4 unspecified atom stereocenters. The van der Waals surface area contributed by atoms with E-state index >= 15 is 0 Å². The first kappa shape index (κ1) is 79.8. The maximum atomic E-state index is 12.7. The number of carbonyl (C=O) groups excluding carboxylic acids is 1. The molecule has 482 valence electrons. The van der Waals surface area contributed by atoms with Gasteiger partial charge in [-0.1, -0.05) is 378 Å². The zero-order chi connectivity index (χ0) is 58.7. The maximum absolute atomic E-state index is 12.7. The Morgan fingerprint density at radius 2 is 0.506 bits per heavy atom. The molecular formula is C75H147NO5. The van der Waals surface area contributed by atoms with Crippen molar-refractivity contribution < 1.29 is 25.2 Å². The highest BCUT2D eigenvalue weighted by molar-refractivity contribution is 5.80. The van der Waals surface area contributed by atoms with E-state index in [0.29, 0.717) is 12.8 Å². The number of hydrogen-bond donors (Lipinski definition) is 5. The predicted octanol–water partition coefficient (Wildman–Crippen LogP) is 23.3. The van der Waals surface area contributed by atoms with E-state index in [1.54, 1.807) is 0 Å². The molecule has 0 saturated carbocycles. The van der Waals surface area contributed by atoms with E-state index in [1.807, 2.05) is 0 Å². The van der Waals surface area contributed by atoms with E-state index < -0.39 is 36.9 Å². The normalized spacial score (nSPS) is 13.5. The van der Waals surface area contributed by atoms with Crippen molar-refractivity contribution in [3.8, 4) is 0 Å².